The van der Waals surface area contributed by atoms with Gasteiger partial charge in [-0.05, 0) is 30.5 Å². The van der Waals surface area contributed by atoms with E-state index in [2.05, 4.69) is 11.9 Å². The number of rotatable bonds is 3. The summed E-state index contributed by atoms with van der Waals surface area (Å²) in [6.45, 7) is 0.0640. The van der Waals surface area contributed by atoms with Gasteiger partial charge in [0.2, 0.25) is 0 Å². The highest BCUT2D eigenvalue weighted by molar-refractivity contribution is 5.84. The summed E-state index contributed by atoms with van der Waals surface area (Å²) in [7, 11) is 2.15. The third kappa shape index (κ3) is 3.03. The van der Waals surface area contributed by atoms with Gasteiger partial charge in [-0.25, -0.2) is 4.98 Å². The van der Waals surface area contributed by atoms with E-state index >= 15 is 0 Å². The molecule has 0 aliphatic heterocycles. The molecule has 1 aliphatic rings. The van der Waals surface area contributed by atoms with Crippen LogP contribution < -0.4 is 4.90 Å². The van der Waals surface area contributed by atoms with Crippen LogP contribution >= 0.6 is 0 Å². The molecule has 21 heavy (non-hydrogen) atoms. The Morgan fingerprint density at radius 3 is 2.57 bits per heavy atom. The van der Waals surface area contributed by atoms with Crippen LogP contribution in [0.3, 0.4) is 0 Å². The summed E-state index contributed by atoms with van der Waals surface area (Å²) in [6.07, 6.45) is 7.85. The quantitative estimate of drug-likeness (QED) is 0.869. The number of pyridine rings is 1. The first-order chi connectivity index (χ1) is 10.3. The normalized spacial score (nSPS) is 16.9. The van der Waals surface area contributed by atoms with Crippen LogP contribution in [-0.4, -0.2) is 23.2 Å². The molecule has 0 saturated heterocycles. The minimum absolute atomic E-state index is 0.0640. The van der Waals surface area contributed by atoms with Gasteiger partial charge in [-0.1, -0.05) is 43.9 Å². The first-order valence-corrected chi connectivity index (χ1v) is 8.02. The molecule has 0 amide bonds. The Balaban J connectivity index is 1.95. The molecule has 1 heterocycles. The molecule has 1 saturated carbocycles. The van der Waals surface area contributed by atoms with Gasteiger partial charge in [-0.3, -0.25) is 0 Å². The molecule has 3 heteroatoms. The Kier molecular flexibility index (Phi) is 4.39. The molecule has 1 fully saturated rings. The molecule has 1 N–H and O–H groups in total. The summed E-state index contributed by atoms with van der Waals surface area (Å²) in [5.41, 5.74) is 1.94. The van der Waals surface area contributed by atoms with E-state index in [0.29, 0.717) is 6.04 Å². The maximum atomic E-state index is 9.65. The van der Waals surface area contributed by atoms with Gasteiger partial charge >= 0.3 is 0 Å². The van der Waals surface area contributed by atoms with Crippen LogP contribution in [0.15, 0.2) is 30.3 Å². The summed E-state index contributed by atoms with van der Waals surface area (Å²) < 4.78 is 0. The largest absolute Gasteiger partial charge is 0.392 e. The Morgan fingerprint density at radius 1 is 1.14 bits per heavy atom. The van der Waals surface area contributed by atoms with Crippen molar-refractivity contribution in [3.63, 3.8) is 0 Å². The molecule has 2 aromatic rings. The predicted octanol–water partition coefficient (Wildman–Crippen LogP) is 3.89. The zero-order valence-electron chi connectivity index (χ0n) is 12.8. The zero-order chi connectivity index (χ0) is 14.7. The van der Waals surface area contributed by atoms with Crippen LogP contribution in [0.5, 0.6) is 0 Å². The fraction of sp³-hybridized carbons (Fsp3) is 0.500. The number of aromatic nitrogens is 1. The van der Waals surface area contributed by atoms with Gasteiger partial charge in [-0.15, -0.1) is 0 Å². The topological polar surface area (TPSA) is 36.4 Å². The summed E-state index contributed by atoms with van der Waals surface area (Å²) in [4.78, 5) is 7.12. The van der Waals surface area contributed by atoms with E-state index in [4.69, 9.17) is 4.98 Å². The molecule has 0 bridgehead atoms. The number of hydrogen-bond donors (Lipinski definition) is 1. The fourth-order valence-corrected chi connectivity index (χ4v) is 3.38. The molecule has 1 aromatic heterocycles. The Morgan fingerprint density at radius 2 is 1.86 bits per heavy atom. The lowest BCUT2D eigenvalue weighted by atomic mass is 10.1. The smallest absolute Gasteiger partial charge is 0.129 e. The number of aliphatic hydroxyl groups excluding tert-OH is 1. The first-order valence-electron chi connectivity index (χ1n) is 8.02. The second-order valence-corrected chi connectivity index (χ2v) is 6.07. The minimum Gasteiger partial charge on any atom is -0.392 e. The van der Waals surface area contributed by atoms with E-state index in [-0.39, 0.29) is 6.61 Å². The van der Waals surface area contributed by atoms with Crippen LogP contribution in [0, 0.1) is 0 Å². The van der Waals surface area contributed by atoms with Gasteiger partial charge in [-0.2, -0.15) is 0 Å². The highest BCUT2D eigenvalue weighted by atomic mass is 16.3. The molecule has 1 aliphatic carbocycles. The minimum atomic E-state index is 0.0640. The summed E-state index contributed by atoms with van der Waals surface area (Å²) in [5.74, 6) is 0.990. The number of anilines is 1. The highest BCUT2D eigenvalue weighted by Gasteiger charge is 2.19. The van der Waals surface area contributed by atoms with Gasteiger partial charge in [0.1, 0.15) is 5.82 Å². The van der Waals surface area contributed by atoms with Crippen molar-refractivity contribution in [2.45, 2.75) is 51.2 Å². The lowest BCUT2D eigenvalue weighted by Crippen LogP contribution is -2.31. The maximum absolute atomic E-state index is 9.65. The van der Waals surface area contributed by atoms with Crippen molar-refractivity contribution in [2.24, 2.45) is 0 Å². The number of aliphatic hydroxyl groups is 1. The molecule has 0 atom stereocenters. The second-order valence-electron chi connectivity index (χ2n) is 6.07. The van der Waals surface area contributed by atoms with E-state index in [0.717, 1.165) is 22.3 Å². The van der Waals surface area contributed by atoms with Gasteiger partial charge in [0.05, 0.1) is 12.1 Å². The predicted molar refractivity (Wildman–Crippen MR) is 87.6 cm³/mol. The number of benzene rings is 1. The van der Waals surface area contributed by atoms with Crippen molar-refractivity contribution in [3.8, 4) is 0 Å². The average Bonchev–Trinajstić information content (AvgIpc) is 2.82. The number of nitrogens with zero attached hydrogens (tertiary/aromatic N) is 2. The Hall–Kier alpha value is -1.61. The van der Waals surface area contributed by atoms with E-state index < -0.39 is 0 Å². The van der Waals surface area contributed by atoms with Gasteiger partial charge < -0.3 is 10.0 Å². The van der Waals surface area contributed by atoms with Crippen LogP contribution in [0.4, 0.5) is 5.82 Å². The number of hydrogen-bond acceptors (Lipinski definition) is 3. The molecule has 0 spiro atoms. The average molecular weight is 284 g/mol. The maximum Gasteiger partial charge on any atom is 0.129 e. The summed E-state index contributed by atoms with van der Waals surface area (Å²) in [6, 6.07) is 10.7. The van der Waals surface area contributed by atoms with E-state index in [1.165, 1.54) is 38.5 Å². The van der Waals surface area contributed by atoms with Crippen molar-refractivity contribution >= 4 is 16.7 Å². The van der Waals surface area contributed by atoms with Gasteiger partial charge in [0.15, 0.2) is 0 Å². The van der Waals surface area contributed by atoms with Crippen LogP contribution in [0.2, 0.25) is 0 Å². The third-order valence-corrected chi connectivity index (χ3v) is 4.69. The first kappa shape index (κ1) is 14.3. The zero-order valence-corrected chi connectivity index (χ0v) is 12.8. The van der Waals surface area contributed by atoms with Crippen molar-refractivity contribution < 1.29 is 5.11 Å². The lowest BCUT2D eigenvalue weighted by molar-refractivity contribution is 0.283. The van der Waals surface area contributed by atoms with E-state index in [1.54, 1.807) is 0 Å². The Labute approximate surface area is 126 Å². The van der Waals surface area contributed by atoms with Crippen molar-refractivity contribution in [1.82, 2.24) is 4.98 Å². The molecule has 3 nitrogen and oxygen atoms in total. The molecule has 0 unspecified atom stereocenters. The molecule has 0 radical (unpaired) electrons. The molecule has 3 rings (SSSR count). The van der Waals surface area contributed by atoms with Crippen molar-refractivity contribution in [1.29, 1.82) is 0 Å². The number of fused-ring (bicyclic) bond motifs is 1. The third-order valence-electron chi connectivity index (χ3n) is 4.69. The highest BCUT2D eigenvalue weighted by Crippen LogP contribution is 2.27. The summed E-state index contributed by atoms with van der Waals surface area (Å²) in [5, 5.41) is 10.7. The molecule has 1 aromatic carbocycles. The monoisotopic (exact) mass is 284 g/mol. The van der Waals surface area contributed by atoms with Crippen LogP contribution in [0.25, 0.3) is 10.9 Å². The lowest BCUT2D eigenvalue weighted by Gasteiger charge is -2.29. The van der Waals surface area contributed by atoms with Gasteiger partial charge in [0.25, 0.3) is 0 Å². The number of para-hydroxylation sites is 1. The van der Waals surface area contributed by atoms with E-state index in [9.17, 15) is 5.11 Å². The van der Waals surface area contributed by atoms with E-state index in [1.807, 2.05) is 30.3 Å². The van der Waals surface area contributed by atoms with Crippen molar-refractivity contribution in [2.75, 3.05) is 11.9 Å². The molecular weight excluding hydrogens is 260 g/mol. The molecular formula is C18H24N2O. The van der Waals surface area contributed by atoms with Crippen LogP contribution in [0.1, 0.15) is 44.1 Å². The molecule has 112 valence electrons. The second kappa shape index (κ2) is 6.44. The van der Waals surface area contributed by atoms with Crippen LogP contribution in [-0.2, 0) is 6.61 Å². The van der Waals surface area contributed by atoms with Gasteiger partial charge in [0, 0.05) is 18.5 Å². The standard InChI is InChI=1S/C18H24N2O/c1-20(15-8-4-2-3-5-9-15)18-12-14(13-21)16-10-6-7-11-17(16)19-18/h6-7,10-12,15,21H,2-5,8-9,13H2,1H3. The Bertz CT molecular complexity index is 603. The fourth-order valence-electron chi connectivity index (χ4n) is 3.38. The van der Waals surface area contributed by atoms with Crippen molar-refractivity contribution in [3.05, 3.63) is 35.9 Å². The summed E-state index contributed by atoms with van der Waals surface area (Å²) >= 11 is 0. The SMILES string of the molecule is CN(c1cc(CO)c2ccccc2n1)C1CCCCCC1.